The number of ketones is 1. The van der Waals surface area contributed by atoms with Crippen molar-refractivity contribution < 1.29 is 55.5 Å². The van der Waals surface area contributed by atoms with E-state index in [1.807, 2.05) is 24.4 Å². The molecular weight excluding hydrogens is 843 g/mol. The Morgan fingerprint density at radius 3 is 2.47 bits per heavy atom. The van der Waals surface area contributed by atoms with Gasteiger partial charge in [0.25, 0.3) is 0 Å². The Hall–Kier alpha value is -2.21. The summed E-state index contributed by atoms with van der Waals surface area (Å²) in [7, 11) is 0. The number of nitrogens with one attached hydrogen (secondary N) is 2. The molecule has 8 aliphatic carbocycles. The number of Topliss-reactive ketones (excluding diaryl/α,β-unsaturated/α-hetero) is 1. The normalized spacial score (nSPS) is 51.7. The molecule has 1 spiro atoms. The number of carbonyl (C=O) groups is 1. The predicted octanol–water partition coefficient (Wildman–Crippen LogP) is 2.34. The van der Waals surface area contributed by atoms with Gasteiger partial charge in [-0.25, -0.2) is 0 Å². The molecule has 14 heteroatoms. The topological polar surface area (TPSA) is 258 Å². The molecule has 2 heterocycles. The van der Waals surface area contributed by atoms with Crippen LogP contribution in [0.4, 0.5) is 0 Å². The average Bonchev–Trinajstić information content (AvgIpc) is 3.62. The molecule has 22 unspecified atom stereocenters. The second kappa shape index (κ2) is 16.7. The van der Waals surface area contributed by atoms with E-state index in [9.17, 15) is 46.0 Å². The Morgan fingerprint density at radius 2 is 1.76 bits per heavy atom. The fourth-order valence-corrected chi connectivity index (χ4v) is 18.0. The number of aliphatic hydroxyl groups excluding tert-OH is 5. The molecule has 0 amide bonds. The van der Waals surface area contributed by atoms with Crippen LogP contribution in [0, 0.1) is 64.1 Å². The third kappa shape index (κ3) is 6.54. The summed E-state index contributed by atoms with van der Waals surface area (Å²) in [5.41, 5.74) is -2.97. The van der Waals surface area contributed by atoms with E-state index < -0.39 is 106 Å². The molecule has 0 aromatic carbocycles. The van der Waals surface area contributed by atoms with Crippen molar-refractivity contribution in [3.63, 3.8) is 0 Å². The van der Waals surface area contributed by atoms with E-state index in [2.05, 4.69) is 17.6 Å². The summed E-state index contributed by atoms with van der Waals surface area (Å²) < 4.78 is 7.00. The van der Waals surface area contributed by atoms with Gasteiger partial charge >= 0.3 is 0 Å². The van der Waals surface area contributed by atoms with Crippen molar-refractivity contribution >= 4 is 5.78 Å². The third-order valence-electron chi connectivity index (χ3n) is 20.5. The predicted molar refractivity (Wildman–Crippen MR) is 244 cm³/mol. The van der Waals surface area contributed by atoms with Gasteiger partial charge in [0.2, 0.25) is 0 Å². The molecule has 10 rings (SSSR count). The van der Waals surface area contributed by atoms with Gasteiger partial charge in [-0.3, -0.25) is 4.79 Å². The number of dihydropyridines is 1. The molecule has 22 atom stereocenters. The maximum atomic E-state index is 15.8. The van der Waals surface area contributed by atoms with Crippen molar-refractivity contribution in [1.82, 2.24) is 10.6 Å². The van der Waals surface area contributed by atoms with E-state index in [-0.39, 0.29) is 86.0 Å². The number of aliphatic hydroxyl groups is 9. The van der Waals surface area contributed by atoms with E-state index in [0.717, 1.165) is 44.1 Å². The summed E-state index contributed by atoms with van der Waals surface area (Å²) >= 11 is 0. The lowest BCUT2D eigenvalue weighted by Gasteiger charge is -2.70. The lowest BCUT2D eigenvalue weighted by atomic mass is 9.34. The summed E-state index contributed by atoms with van der Waals surface area (Å²) in [6.45, 7) is 4.94. The minimum absolute atomic E-state index is 0.00395. The fourth-order valence-electron chi connectivity index (χ4n) is 18.0. The van der Waals surface area contributed by atoms with Crippen LogP contribution in [-0.2, 0) is 9.53 Å². The standard InChI is InChI=1S/C52H79N3O11/c1-4-6-28-8-11-31-36(14-9-28)66-46-39(31)34(58)7-5-18-52(46,65)47(3,62)37-17-20-51(64)41-42(55-24-27(2)57)44(61)40-32-12-13-33-30(29-10-15-38(53)54-25-29)16-19-49(63,26-48(37,51)21-22-56)45(41)50(33,40)23-35(59)43(32)60/h10,15-16,19,25,27-28,30-40,43,45-46,54-60,62-65H,4-9,11-14,17-18,20-24,26,53H2,1-3H3. The molecule has 6 saturated carbocycles. The molecule has 0 aromatic rings. The van der Waals surface area contributed by atoms with Gasteiger partial charge in [0.1, 0.15) is 5.60 Å². The van der Waals surface area contributed by atoms with Crippen molar-refractivity contribution in [3.8, 4) is 0 Å². The van der Waals surface area contributed by atoms with E-state index in [1.165, 1.54) is 0 Å². The molecule has 0 radical (unpaired) electrons. The number of ether oxygens (including phenoxy) is 1. The number of rotatable bonds is 10. The largest absolute Gasteiger partial charge is 0.396 e. The molecular formula is C52H79N3O11. The van der Waals surface area contributed by atoms with Crippen LogP contribution in [0.3, 0.4) is 0 Å². The van der Waals surface area contributed by atoms with Crippen LogP contribution < -0.4 is 16.4 Å². The van der Waals surface area contributed by atoms with Crippen molar-refractivity contribution in [2.45, 2.75) is 189 Å². The van der Waals surface area contributed by atoms with Gasteiger partial charge in [-0.05, 0) is 150 Å². The Labute approximate surface area is 389 Å². The van der Waals surface area contributed by atoms with Crippen molar-refractivity contribution in [3.05, 3.63) is 47.3 Å². The lowest BCUT2D eigenvalue weighted by Crippen LogP contribution is -2.75. The maximum absolute atomic E-state index is 15.8. The summed E-state index contributed by atoms with van der Waals surface area (Å²) in [5, 5.41) is 120. The van der Waals surface area contributed by atoms with Crippen LogP contribution in [0.5, 0.6) is 0 Å². The van der Waals surface area contributed by atoms with Gasteiger partial charge in [0, 0.05) is 48.4 Å². The SMILES string of the molecule is CCCC1CCC2OC3C(C(O)CCCC3(O)C(C)(O)C3CCC4(O)C5=C(NCC(C)O)C(=O)C6C7CCC8C(C9=CNC(N)C=C9)C=CC(O)(CC34CCO)C5C86CC(O)C7O)C2CC1. The highest BCUT2D eigenvalue weighted by atomic mass is 16.5. The van der Waals surface area contributed by atoms with E-state index >= 15 is 4.79 Å². The average molecular weight is 922 g/mol. The molecule has 2 bridgehead atoms. The monoisotopic (exact) mass is 922 g/mol. The van der Waals surface area contributed by atoms with Crippen molar-refractivity contribution in [2.24, 2.45) is 69.8 Å². The Kier molecular flexibility index (Phi) is 12.0. The summed E-state index contributed by atoms with van der Waals surface area (Å²) in [6.07, 6.45) is 11.8. The van der Waals surface area contributed by atoms with Crippen LogP contribution in [0.15, 0.2) is 47.3 Å². The Morgan fingerprint density at radius 1 is 1.00 bits per heavy atom. The first kappa shape index (κ1) is 47.5. The number of hydrogen-bond acceptors (Lipinski definition) is 14. The van der Waals surface area contributed by atoms with Crippen LogP contribution in [0.25, 0.3) is 0 Å². The molecule has 10 aliphatic rings. The van der Waals surface area contributed by atoms with Gasteiger partial charge in [0.15, 0.2) is 5.78 Å². The van der Waals surface area contributed by atoms with Crippen LogP contribution in [0.1, 0.15) is 124 Å². The van der Waals surface area contributed by atoms with Gasteiger partial charge in [-0.2, -0.15) is 0 Å². The molecule has 1 saturated heterocycles. The smallest absolute Gasteiger partial charge is 0.182 e. The zero-order chi connectivity index (χ0) is 46.9. The van der Waals surface area contributed by atoms with Crippen molar-refractivity contribution in [1.29, 1.82) is 0 Å². The summed E-state index contributed by atoms with van der Waals surface area (Å²) in [6, 6.07) is 0. The van der Waals surface area contributed by atoms with E-state index in [0.29, 0.717) is 31.6 Å². The van der Waals surface area contributed by atoms with Gasteiger partial charge < -0.3 is 67.1 Å². The quantitative estimate of drug-likeness (QED) is 0.141. The molecule has 2 aliphatic heterocycles. The number of carbonyl (C=O) groups excluding carboxylic acids is 1. The minimum Gasteiger partial charge on any atom is -0.396 e. The Balaban J connectivity index is 1.15. The van der Waals surface area contributed by atoms with Crippen LogP contribution in [-0.4, -0.2) is 130 Å². The highest BCUT2D eigenvalue weighted by Gasteiger charge is 2.81. The number of fused-ring (bicyclic) bond motifs is 5. The van der Waals surface area contributed by atoms with Crippen molar-refractivity contribution in [2.75, 3.05) is 13.2 Å². The third-order valence-corrected chi connectivity index (χ3v) is 20.5. The molecule has 7 fully saturated rings. The minimum atomic E-state index is -2.01. The number of hydrogen-bond donors (Lipinski definition) is 12. The zero-order valence-corrected chi connectivity index (χ0v) is 39.3. The highest BCUT2D eigenvalue weighted by molar-refractivity contribution is 6.00. The summed E-state index contributed by atoms with van der Waals surface area (Å²) in [4.78, 5) is 15.8. The number of allylic oxidation sites excluding steroid dienone is 4. The lowest BCUT2D eigenvalue weighted by molar-refractivity contribution is -0.273. The van der Waals surface area contributed by atoms with Gasteiger partial charge in [0.05, 0.1) is 65.3 Å². The van der Waals surface area contributed by atoms with Gasteiger partial charge in [-0.15, -0.1) is 0 Å². The second-order valence-corrected chi connectivity index (χ2v) is 23.5. The van der Waals surface area contributed by atoms with Gasteiger partial charge in [-0.1, -0.05) is 44.4 Å². The molecule has 0 aromatic heterocycles. The zero-order valence-electron chi connectivity index (χ0n) is 39.3. The first-order valence-electron chi connectivity index (χ1n) is 25.8. The molecule has 368 valence electrons. The number of nitrogens with two attached hydrogens (primary N) is 1. The second-order valence-electron chi connectivity index (χ2n) is 23.5. The maximum Gasteiger partial charge on any atom is 0.182 e. The highest BCUT2D eigenvalue weighted by Crippen LogP contribution is 2.77. The van der Waals surface area contributed by atoms with Crippen LogP contribution >= 0.6 is 0 Å². The Bertz CT molecular complexity index is 2020. The first-order chi connectivity index (χ1) is 31.3. The molecule has 14 nitrogen and oxygen atoms in total. The fraction of sp³-hybridized carbons (Fsp3) is 0.827. The van der Waals surface area contributed by atoms with E-state index in [1.54, 1.807) is 19.9 Å². The molecule has 13 N–H and O–H groups in total. The van der Waals surface area contributed by atoms with E-state index in [4.69, 9.17) is 10.5 Å². The first-order valence-corrected chi connectivity index (χ1v) is 25.8. The molecule has 66 heavy (non-hydrogen) atoms. The summed E-state index contributed by atoms with van der Waals surface area (Å²) in [5.74, 6) is -4.32. The van der Waals surface area contributed by atoms with Crippen LogP contribution in [0.2, 0.25) is 0 Å².